The summed E-state index contributed by atoms with van der Waals surface area (Å²) in [4.78, 5) is 0. The van der Waals surface area contributed by atoms with Crippen molar-refractivity contribution in [2.75, 3.05) is 0 Å². The molecule has 3 aliphatic carbocycles. The summed E-state index contributed by atoms with van der Waals surface area (Å²) in [5, 5.41) is 1.73. The molecule has 1 aromatic heterocycles. The topological polar surface area (TPSA) is 0 Å². The van der Waals surface area contributed by atoms with Crippen LogP contribution in [0.4, 0.5) is 0 Å². The van der Waals surface area contributed by atoms with Crippen molar-refractivity contribution in [1.29, 1.82) is 0 Å². The largest absolute Gasteiger partial charge is 0.145 e. The van der Waals surface area contributed by atoms with E-state index in [1.807, 2.05) is 22.7 Å². The van der Waals surface area contributed by atoms with Gasteiger partial charge in [0.1, 0.15) is 3.14 Å². The van der Waals surface area contributed by atoms with Crippen LogP contribution in [0.3, 0.4) is 0 Å². The molecule has 6 atom stereocenters. The number of hydrogen-bond acceptors (Lipinski definition) is 5. The minimum absolute atomic E-state index is 0.864. The maximum atomic E-state index is 5.36. The number of thioether (sulfide) groups is 2. The van der Waals surface area contributed by atoms with E-state index in [0.717, 1.165) is 37.3 Å². The standard InChI is InChI=1S/C13H12S5/c14-13-17-11-12(18-13)16-10-8(15-11)4-7-5-1-2-6(3-5)9(7)10/h1-2,5-10H,3-4H2/t5-,6+,7+,8-,9-,10-/m0/s1. The molecule has 0 nitrogen and oxygen atoms in total. The molecule has 2 fully saturated rings. The quantitative estimate of drug-likeness (QED) is 0.467. The lowest BCUT2D eigenvalue weighted by Gasteiger charge is -2.29. The highest BCUT2D eigenvalue weighted by Crippen LogP contribution is 2.65. The number of allylic oxidation sites excluding steroid dienone is 2. The van der Waals surface area contributed by atoms with Gasteiger partial charge in [0.05, 0.1) is 8.42 Å². The highest BCUT2D eigenvalue weighted by molar-refractivity contribution is 8.09. The molecule has 0 radical (unpaired) electrons. The van der Waals surface area contributed by atoms with Gasteiger partial charge < -0.3 is 0 Å². The molecule has 0 N–H and O–H groups in total. The van der Waals surface area contributed by atoms with Crippen molar-refractivity contribution in [2.24, 2.45) is 23.7 Å². The fraction of sp³-hybridized carbons (Fsp3) is 0.615. The molecule has 18 heavy (non-hydrogen) atoms. The minimum Gasteiger partial charge on any atom is -0.109 e. The van der Waals surface area contributed by atoms with Crippen molar-refractivity contribution in [2.45, 2.75) is 31.8 Å². The zero-order chi connectivity index (χ0) is 11.9. The van der Waals surface area contributed by atoms with Gasteiger partial charge in [-0.1, -0.05) is 24.4 Å². The maximum absolute atomic E-state index is 5.36. The summed E-state index contributed by atoms with van der Waals surface area (Å²) in [7, 11) is 0. The summed E-state index contributed by atoms with van der Waals surface area (Å²) in [6.45, 7) is 0. The SMILES string of the molecule is S=c1sc2c(s1)S[C@H]1C[C@H]3[C@@H]([C@H]1S2)[C@@H]1C=C[C@H]3C1. The van der Waals surface area contributed by atoms with Gasteiger partial charge in [-0.15, -0.1) is 46.2 Å². The van der Waals surface area contributed by atoms with Crippen LogP contribution in [0.2, 0.25) is 0 Å². The van der Waals surface area contributed by atoms with E-state index in [2.05, 4.69) is 35.7 Å². The first-order chi connectivity index (χ1) is 8.79. The smallest absolute Gasteiger partial charge is 0.109 e. The van der Waals surface area contributed by atoms with Crippen LogP contribution in [0, 0.1) is 26.8 Å². The van der Waals surface area contributed by atoms with E-state index in [1.165, 1.54) is 21.3 Å². The van der Waals surface area contributed by atoms with Gasteiger partial charge in [-0.2, -0.15) is 0 Å². The second-order valence-corrected chi connectivity index (χ2v) is 11.9. The second-order valence-electron chi connectivity index (χ2n) is 5.69. The molecule has 0 amide bonds. The van der Waals surface area contributed by atoms with Crippen molar-refractivity contribution in [3.8, 4) is 0 Å². The van der Waals surface area contributed by atoms with Crippen molar-refractivity contribution in [3.05, 3.63) is 15.3 Å². The first kappa shape index (κ1) is 11.4. The van der Waals surface area contributed by atoms with Crippen molar-refractivity contribution in [1.82, 2.24) is 0 Å². The van der Waals surface area contributed by atoms with Gasteiger partial charge in [0.15, 0.2) is 0 Å². The van der Waals surface area contributed by atoms with E-state index in [-0.39, 0.29) is 0 Å². The highest BCUT2D eigenvalue weighted by atomic mass is 32.2. The second kappa shape index (κ2) is 3.88. The Morgan fingerprint density at radius 2 is 1.78 bits per heavy atom. The lowest BCUT2D eigenvalue weighted by atomic mass is 9.86. The molecule has 4 aliphatic rings. The Labute approximate surface area is 128 Å². The molecule has 1 aromatic rings. The van der Waals surface area contributed by atoms with E-state index in [1.54, 1.807) is 0 Å². The van der Waals surface area contributed by atoms with Gasteiger partial charge in [-0.3, -0.25) is 0 Å². The molecule has 5 rings (SSSR count). The summed E-state index contributed by atoms with van der Waals surface area (Å²) >= 11 is 13.4. The zero-order valence-electron chi connectivity index (χ0n) is 9.57. The molecular formula is C13H12S5. The fourth-order valence-electron chi connectivity index (χ4n) is 4.36. The summed E-state index contributed by atoms with van der Waals surface area (Å²) < 4.78 is 4.17. The fourth-order valence-corrected chi connectivity index (χ4v) is 11.8. The lowest BCUT2D eigenvalue weighted by molar-refractivity contribution is 0.369. The summed E-state index contributed by atoms with van der Waals surface area (Å²) in [5.74, 6) is 3.78. The van der Waals surface area contributed by atoms with Crippen LogP contribution in [0.1, 0.15) is 12.8 Å². The lowest BCUT2D eigenvalue weighted by Crippen LogP contribution is -2.26. The van der Waals surface area contributed by atoms with Crippen molar-refractivity contribution >= 4 is 58.4 Å². The van der Waals surface area contributed by atoms with Crippen LogP contribution < -0.4 is 0 Å². The zero-order valence-corrected chi connectivity index (χ0v) is 13.7. The van der Waals surface area contributed by atoms with E-state index >= 15 is 0 Å². The molecule has 0 spiro atoms. The summed E-state index contributed by atoms with van der Waals surface area (Å²) in [6.07, 6.45) is 7.94. The van der Waals surface area contributed by atoms with Crippen LogP contribution in [0.25, 0.3) is 0 Å². The van der Waals surface area contributed by atoms with Crippen molar-refractivity contribution in [3.63, 3.8) is 0 Å². The monoisotopic (exact) mass is 328 g/mol. The first-order valence-electron chi connectivity index (χ1n) is 6.45. The predicted molar refractivity (Wildman–Crippen MR) is 84.7 cm³/mol. The molecule has 0 aromatic carbocycles. The van der Waals surface area contributed by atoms with Gasteiger partial charge in [0, 0.05) is 10.5 Å². The summed E-state index contributed by atoms with van der Waals surface area (Å²) in [5.41, 5.74) is 0. The molecule has 5 heteroatoms. The maximum Gasteiger partial charge on any atom is 0.145 e. The van der Waals surface area contributed by atoms with E-state index in [9.17, 15) is 0 Å². The Morgan fingerprint density at radius 1 is 1.00 bits per heavy atom. The molecular weight excluding hydrogens is 316 g/mol. The third-order valence-electron chi connectivity index (χ3n) is 4.96. The molecule has 0 unspecified atom stereocenters. The average Bonchev–Trinajstić information content (AvgIpc) is 3.03. The van der Waals surface area contributed by atoms with Crippen molar-refractivity contribution < 1.29 is 0 Å². The van der Waals surface area contributed by atoms with E-state index in [0.29, 0.717) is 0 Å². The van der Waals surface area contributed by atoms with E-state index < -0.39 is 0 Å². The van der Waals surface area contributed by atoms with Gasteiger partial charge in [-0.05, 0) is 36.5 Å². The molecule has 2 heterocycles. The highest BCUT2D eigenvalue weighted by Gasteiger charge is 2.56. The average molecular weight is 329 g/mol. The molecule has 94 valence electrons. The summed E-state index contributed by atoms with van der Waals surface area (Å²) in [6, 6.07) is 0. The van der Waals surface area contributed by atoms with Gasteiger partial charge >= 0.3 is 0 Å². The van der Waals surface area contributed by atoms with Crippen LogP contribution in [0.15, 0.2) is 20.6 Å². The minimum atomic E-state index is 0.864. The Balaban J connectivity index is 1.55. The Kier molecular flexibility index (Phi) is 2.45. The van der Waals surface area contributed by atoms with Gasteiger partial charge in [-0.25, -0.2) is 0 Å². The molecule has 2 saturated carbocycles. The number of fused-ring (bicyclic) bond motifs is 8. The van der Waals surface area contributed by atoms with Crippen LogP contribution in [0.5, 0.6) is 0 Å². The molecule has 2 bridgehead atoms. The Morgan fingerprint density at radius 3 is 2.67 bits per heavy atom. The molecule has 1 aliphatic heterocycles. The normalized spacial score (nSPS) is 47.1. The molecule has 0 saturated heterocycles. The van der Waals surface area contributed by atoms with Crippen LogP contribution >= 0.6 is 58.4 Å². The predicted octanol–water partition coefficient (Wildman–Crippen LogP) is 5.32. The Hall–Kier alpha value is 0.710. The first-order valence-corrected chi connectivity index (χ1v) is 10.3. The number of rotatable bonds is 0. The van der Waals surface area contributed by atoms with E-state index in [4.69, 9.17) is 12.2 Å². The van der Waals surface area contributed by atoms with Crippen LogP contribution in [-0.4, -0.2) is 10.5 Å². The third-order valence-corrected chi connectivity index (χ3v) is 11.4. The van der Waals surface area contributed by atoms with Gasteiger partial charge in [0.2, 0.25) is 0 Å². The van der Waals surface area contributed by atoms with Gasteiger partial charge in [0.25, 0.3) is 0 Å². The Bertz CT molecular complexity index is 597. The van der Waals surface area contributed by atoms with Crippen LogP contribution in [-0.2, 0) is 0 Å². The number of hydrogen-bond donors (Lipinski definition) is 0. The third kappa shape index (κ3) is 1.43.